The van der Waals surface area contributed by atoms with Crippen molar-refractivity contribution in [1.29, 1.82) is 0 Å². The molecule has 1 saturated heterocycles. The molecule has 1 fully saturated rings. The zero-order valence-corrected chi connectivity index (χ0v) is 8.02. The number of hydrogen-bond donors (Lipinski definition) is 2. The van der Waals surface area contributed by atoms with Crippen molar-refractivity contribution in [2.24, 2.45) is 0 Å². The van der Waals surface area contributed by atoms with Crippen LogP contribution in [0.3, 0.4) is 0 Å². The summed E-state index contributed by atoms with van der Waals surface area (Å²) in [6.07, 6.45) is -1.66. The van der Waals surface area contributed by atoms with Crippen molar-refractivity contribution in [3.05, 3.63) is 0 Å². The molecule has 76 valence electrons. The lowest BCUT2D eigenvalue weighted by Gasteiger charge is -2.13. The SMILES string of the molecule is CO[C@@H]1CO[C@H](CO)C1O[P+](=O)O. The first-order valence-electron chi connectivity index (χ1n) is 3.77. The predicted molar refractivity (Wildman–Crippen MR) is 42.3 cm³/mol. The Kier molecular flexibility index (Phi) is 4.18. The maximum absolute atomic E-state index is 10.4. The van der Waals surface area contributed by atoms with Gasteiger partial charge < -0.3 is 14.6 Å². The summed E-state index contributed by atoms with van der Waals surface area (Å²) in [5.74, 6) is 0. The highest BCUT2D eigenvalue weighted by atomic mass is 31.1. The summed E-state index contributed by atoms with van der Waals surface area (Å²) in [6, 6.07) is 0. The molecule has 0 spiro atoms. The molecule has 0 aromatic carbocycles. The van der Waals surface area contributed by atoms with Crippen LogP contribution in [0.15, 0.2) is 0 Å². The normalized spacial score (nSPS) is 35.0. The van der Waals surface area contributed by atoms with Crippen LogP contribution in [0.25, 0.3) is 0 Å². The largest absolute Gasteiger partial charge is 0.695 e. The van der Waals surface area contributed by atoms with E-state index in [0.29, 0.717) is 0 Å². The van der Waals surface area contributed by atoms with Crippen molar-refractivity contribution in [2.75, 3.05) is 20.3 Å². The van der Waals surface area contributed by atoms with Crippen LogP contribution in [-0.2, 0) is 18.6 Å². The van der Waals surface area contributed by atoms with E-state index in [9.17, 15) is 4.57 Å². The predicted octanol–water partition coefficient (Wildman–Crippen LogP) is -0.573. The Hall–Kier alpha value is -0.100. The third-order valence-corrected chi connectivity index (χ3v) is 2.33. The van der Waals surface area contributed by atoms with Crippen molar-refractivity contribution in [2.45, 2.75) is 18.3 Å². The summed E-state index contributed by atoms with van der Waals surface area (Å²) in [5.41, 5.74) is 0. The molecule has 1 aliphatic rings. The number of ether oxygens (including phenoxy) is 2. The fourth-order valence-electron chi connectivity index (χ4n) is 1.25. The van der Waals surface area contributed by atoms with E-state index in [-0.39, 0.29) is 13.2 Å². The van der Waals surface area contributed by atoms with E-state index in [1.54, 1.807) is 0 Å². The molecule has 2 unspecified atom stereocenters. The van der Waals surface area contributed by atoms with Crippen LogP contribution >= 0.6 is 8.25 Å². The molecule has 7 heteroatoms. The highest BCUT2D eigenvalue weighted by Crippen LogP contribution is 2.28. The van der Waals surface area contributed by atoms with Gasteiger partial charge in [0.25, 0.3) is 0 Å². The zero-order valence-electron chi connectivity index (χ0n) is 7.12. The third-order valence-electron chi connectivity index (χ3n) is 1.90. The lowest BCUT2D eigenvalue weighted by atomic mass is 10.1. The van der Waals surface area contributed by atoms with E-state index >= 15 is 0 Å². The molecular formula is C6H12O6P+. The number of aliphatic hydroxyl groups excluding tert-OH is 1. The van der Waals surface area contributed by atoms with Crippen molar-refractivity contribution in [1.82, 2.24) is 0 Å². The highest BCUT2D eigenvalue weighted by molar-refractivity contribution is 7.32. The first-order valence-corrected chi connectivity index (χ1v) is 4.90. The van der Waals surface area contributed by atoms with E-state index in [2.05, 4.69) is 4.52 Å². The highest BCUT2D eigenvalue weighted by Gasteiger charge is 2.43. The summed E-state index contributed by atoms with van der Waals surface area (Å²) in [4.78, 5) is 8.53. The summed E-state index contributed by atoms with van der Waals surface area (Å²) in [7, 11) is -1.24. The van der Waals surface area contributed by atoms with Gasteiger partial charge in [-0.3, -0.25) is 0 Å². The van der Waals surface area contributed by atoms with Crippen molar-refractivity contribution >= 4 is 8.25 Å². The number of aliphatic hydroxyl groups is 1. The Morgan fingerprint density at radius 3 is 2.85 bits per heavy atom. The Labute approximate surface area is 76.4 Å². The average molecular weight is 211 g/mol. The van der Waals surface area contributed by atoms with E-state index in [0.717, 1.165) is 0 Å². The quantitative estimate of drug-likeness (QED) is 0.605. The Morgan fingerprint density at radius 2 is 2.38 bits per heavy atom. The lowest BCUT2D eigenvalue weighted by molar-refractivity contribution is -0.00107. The first-order chi connectivity index (χ1) is 6.19. The Balaban J connectivity index is 2.56. The average Bonchev–Trinajstić information content (AvgIpc) is 2.46. The second-order valence-corrected chi connectivity index (χ2v) is 3.32. The molecule has 0 amide bonds. The van der Waals surface area contributed by atoms with Gasteiger partial charge in [-0.05, 0) is 0 Å². The maximum atomic E-state index is 10.4. The van der Waals surface area contributed by atoms with E-state index < -0.39 is 26.6 Å². The number of rotatable bonds is 4. The van der Waals surface area contributed by atoms with Gasteiger partial charge in [0.05, 0.1) is 13.2 Å². The van der Waals surface area contributed by atoms with Crippen LogP contribution in [0, 0.1) is 0 Å². The summed E-state index contributed by atoms with van der Waals surface area (Å²) in [6.45, 7) is 0.00324. The number of hydrogen-bond acceptors (Lipinski definition) is 5. The van der Waals surface area contributed by atoms with Crippen LogP contribution in [0.1, 0.15) is 0 Å². The van der Waals surface area contributed by atoms with Crippen LogP contribution in [-0.4, -0.2) is 48.6 Å². The summed E-state index contributed by atoms with van der Waals surface area (Å²) >= 11 is 0. The van der Waals surface area contributed by atoms with Gasteiger partial charge in [0.2, 0.25) is 0 Å². The molecule has 0 aromatic heterocycles. The van der Waals surface area contributed by atoms with Crippen LogP contribution in [0.4, 0.5) is 0 Å². The van der Waals surface area contributed by atoms with Gasteiger partial charge in [-0.2, -0.15) is 0 Å². The minimum Gasteiger partial charge on any atom is -0.394 e. The number of methoxy groups -OCH3 is 1. The molecule has 2 N–H and O–H groups in total. The van der Waals surface area contributed by atoms with E-state index in [1.165, 1.54) is 7.11 Å². The van der Waals surface area contributed by atoms with Crippen molar-refractivity contribution in [3.8, 4) is 0 Å². The van der Waals surface area contributed by atoms with Gasteiger partial charge in [-0.25, -0.2) is 0 Å². The molecule has 1 aliphatic heterocycles. The van der Waals surface area contributed by atoms with Crippen LogP contribution in [0.2, 0.25) is 0 Å². The molecule has 0 aromatic rings. The summed E-state index contributed by atoms with van der Waals surface area (Å²) in [5, 5.41) is 8.83. The molecular weight excluding hydrogens is 199 g/mol. The molecule has 1 heterocycles. The van der Waals surface area contributed by atoms with Gasteiger partial charge >= 0.3 is 8.25 Å². The van der Waals surface area contributed by atoms with Crippen LogP contribution < -0.4 is 0 Å². The minimum absolute atomic E-state index is 0.256. The molecule has 0 aliphatic carbocycles. The second-order valence-electron chi connectivity index (χ2n) is 2.64. The van der Waals surface area contributed by atoms with Gasteiger partial charge in [0.15, 0.2) is 6.10 Å². The van der Waals surface area contributed by atoms with Gasteiger partial charge in [-0.15, -0.1) is 9.42 Å². The maximum Gasteiger partial charge on any atom is 0.695 e. The molecule has 6 nitrogen and oxygen atoms in total. The fraction of sp³-hybridized carbons (Fsp3) is 1.00. The Morgan fingerprint density at radius 1 is 1.69 bits per heavy atom. The zero-order chi connectivity index (χ0) is 9.84. The van der Waals surface area contributed by atoms with Gasteiger partial charge in [0, 0.05) is 11.7 Å². The molecule has 0 saturated carbocycles. The van der Waals surface area contributed by atoms with Crippen LogP contribution in [0.5, 0.6) is 0 Å². The van der Waals surface area contributed by atoms with E-state index in [1.807, 2.05) is 0 Å². The molecule has 13 heavy (non-hydrogen) atoms. The van der Waals surface area contributed by atoms with Crippen molar-refractivity contribution < 1.29 is 28.6 Å². The topological polar surface area (TPSA) is 85.2 Å². The fourth-order valence-corrected chi connectivity index (χ4v) is 1.73. The van der Waals surface area contributed by atoms with E-state index in [4.69, 9.17) is 19.5 Å². The smallest absolute Gasteiger partial charge is 0.394 e. The second kappa shape index (κ2) is 4.95. The summed E-state index contributed by atoms with van der Waals surface area (Å²) < 4.78 is 25.1. The molecule has 0 bridgehead atoms. The molecule has 1 rings (SSSR count). The van der Waals surface area contributed by atoms with Gasteiger partial charge in [0.1, 0.15) is 12.2 Å². The van der Waals surface area contributed by atoms with Crippen molar-refractivity contribution in [3.63, 3.8) is 0 Å². The molecule has 4 atom stereocenters. The minimum atomic E-state index is -2.70. The Bertz CT molecular complexity index is 174. The first kappa shape index (κ1) is 11.0. The molecule has 0 radical (unpaired) electrons. The third kappa shape index (κ3) is 2.67. The monoisotopic (exact) mass is 211 g/mol. The lowest BCUT2D eigenvalue weighted by Crippen LogP contribution is -2.34. The van der Waals surface area contributed by atoms with Gasteiger partial charge in [-0.1, -0.05) is 0 Å². The standard InChI is InChI=1S/C6H11O6P/c1-10-5-3-11-4(2-7)6(5)12-13(8)9/h4-7H,2-3H2,1H3/p+1/t4-,5-,6?/m1/s1.